The van der Waals surface area contributed by atoms with Crippen LogP contribution < -0.4 is 0 Å². The maximum atomic E-state index is 10.3. The zero-order valence-electron chi connectivity index (χ0n) is 13.6. The number of rotatable bonds is 13. The minimum Gasteiger partial charge on any atom is -0.481 e. The third kappa shape index (κ3) is 16.9. The average molecular weight is 296 g/mol. The van der Waals surface area contributed by atoms with Crippen LogP contribution in [0.25, 0.3) is 0 Å². The molecule has 2 N–H and O–H groups in total. The Balaban J connectivity index is 3.34. The SMILES string of the molecule is CCCCCCCCC(O)C#CCCCCCCC(=O)O. The molecule has 3 heteroatoms. The summed E-state index contributed by atoms with van der Waals surface area (Å²) in [6, 6.07) is 0. The lowest BCUT2D eigenvalue weighted by Gasteiger charge is -2.03. The highest BCUT2D eigenvalue weighted by Crippen LogP contribution is 2.08. The van der Waals surface area contributed by atoms with Crippen LogP contribution in [0.5, 0.6) is 0 Å². The Kier molecular flexibility index (Phi) is 14.6. The molecule has 0 aliphatic rings. The summed E-state index contributed by atoms with van der Waals surface area (Å²) >= 11 is 0. The molecule has 0 spiro atoms. The van der Waals surface area contributed by atoms with E-state index < -0.39 is 12.1 Å². The van der Waals surface area contributed by atoms with Crippen LogP contribution in [0.3, 0.4) is 0 Å². The first kappa shape index (κ1) is 20.0. The molecule has 0 aromatic rings. The van der Waals surface area contributed by atoms with Crippen LogP contribution in [0.1, 0.15) is 90.4 Å². The van der Waals surface area contributed by atoms with Crippen LogP contribution in [0, 0.1) is 11.8 Å². The van der Waals surface area contributed by atoms with Crippen LogP contribution >= 0.6 is 0 Å². The van der Waals surface area contributed by atoms with E-state index in [-0.39, 0.29) is 6.42 Å². The first-order valence-electron chi connectivity index (χ1n) is 8.55. The van der Waals surface area contributed by atoms with Crippen molar-refractivity contribution in [2.75, 3.05) is 0 Å². The third-order valence-electron chi connectivity index (χ3n) is 3.54. The Morgan fingerprint density at radius 2 is 1.57 bits per heavy atom. The number of unbranched alkanes of at least 4 members (excludes halogenated alkanes) is 9. The van der Waals surface area contributed by atoms with Crippen molar-refractivity contribution in [2.45, 2.75) is 96.5 Å². The summed E-state index contributed by atoms with van der Waals surface area (Å²) in [7, 11) is 0. The predicted octanol–water partition coefficient (Wildman–Crippen LogP) is 4.53. The van der Waals surface area contributed by atoms with Gasteiger partial charge < -0.3 is 10.2 Å². The molecule has 0 aliphatic carbocycles. The molecule has 0 aliphatic heterocycles. The van der Waals surface area contributed by atoms with Crippen LogP contribution in [-0.2, 0) is 4.79 Å². The van der Waals surface area contributed by atoms with Gasteiger partial charge in [0.15, 0.2) is 0 Å². The Hall–Kier alpha value is -1.01. The summed E-state index contributed by atoms with van der Waals surface area (Å²) in [5.74, 6) is 5.22. The molecule has 0 aromatic heterocycles. The van der Waals surface area contributed by atoms with Gasteiger partial charge in [0.05, 0.1) is 0 Å². The Labute approximate surface area is 130 Å². The summed E-state index contributed by atoms with van der Waals surface area (Å²) in [6.45, 7) is 2.21. The maximum absolute atomic E-state index is 10.3. The monoisotopic (exact) mass is 296 g/mol. The van der Waals surface area contributed by atoms with E-state index in [2.05, 4.69) is 18.8 Å². The molecule has 0 amide bonds. The number of carboxylic acids is 1. The van der Waals surface area contributed by atoms with Gasteiger partial charge in [-0.2, -0.15) is 0 Å². The van der Waals surface area contributed by atoms with E-state index >= 15 is 0 Å². The van der Waals surface area contributed by atoms with E-state index in [1.54, 1.807) is 0 Å². The predicted molar refractivity (Wildman–Crippen MR) is 87.1 cm³/mol. The molecular weight excluding hydrogens is 264 g/mol. The Bertz CT molecular complexity index is 301. The lowest BCUT2D eigenvalue weighted by Crippen LogP contribution is -2.02. The Morgan fingerprint density at radius 3 is 2.29 bits per heavy atom. The molecule has 0 rings (SSSR count). The van der Waals surface area contributed by atoms with Gasteiger partial charge in [-0.3, -0.25) is 4.79 Å². The number of aliphatic carboxylic acids is 1. The summed E-state index contributed by atoms with van der Waals surface area (Å²) in [4.78, 5) is 10.3. The third-order valence-corrected chi connectivity index (χ3v) is 3.54. The molecule has 0 radical (unpaired) electrons. The largest absolute Gasteiger partial charge is 0.481 e. The molecule has 0 heterocycles. The molecular formula is C18H32O3. The summed E-state index contributed by atoms with van der Waals surface area (Å²) < 4.78 is 0. The summed E-state index contributed by atoms with van der Waals surface area (Å²) in [5, 5.41) is 18.2. The van der Waals surface area contributed by atoms with Crippen LogP contribution in [0.2, 0.25) is 0 Å². The van der Waals surface area contributed by atoms with Crippen molar-refractivity contribution in [1.82, 2.24) is 0 Å². The normalized spacial score (nSPS) is 11.7. The lowest BCUT2D eigenvalue weighted by molar-refractivity contribution is -0.137. The van der Waals surface area contributed by atoms with Gasteiger partial charge in [-0.1, -0.05) is 57.8 Å². The van der Waals surface area contributed by atoms with E-state index in [4.69, 9.17) is 5.11 Å². The lowest BCUT2D eigenvalue weighted by atomic mass is 10.1. The quantitative estimate of drug-likeness (QED) is 0.388. The van der Waals surface area contributed by atoms with Gasteiger partial charge in [-0.05, 0) is 25.7 Å². The molecule has 0 saturated heterocycles. The summed E-state index contributed by atoms with van der Waals surface area (Å²) in [6.07, 6.45) is 12.5. The van der Waals surface area contributed by atoms with Gasteiger partial charge in [0.2, 0.25) is 0 Å². The molecule has 0 fully saturated rings. The number of aliphatic hydroxyl groups excluding tert-OH is 1. The highest BCUT2D eigenvalue weighted by molar-refractivity contribution is 5.66. The van der Waals surface area contributed by atoms with Gasteiger partial charge in [0.25, 0.3) is 0 Å². The molecule has 21 heavy (non-hydrogen) atoms. The van der Waals surface area contributed by atoms with Gasteiger partial charge in [-0.25, -0.2) is 0 Å². The maximum Gasteiger partial charge on any atom is 0.303 e. The highest BCUT2D eigenvalue weighted by Gasteiger charge is 1.99. The fraction of sp³-hybridized carbons (Fsp3) is 0.833. The van der Waals surface area contributed by atoms with Crippen molar-refractivity contribution in [3.05, 3.63) is 0 Å². The molecule has 1 unspecified atom stereocenters. The topological polar surface area (TPSA) is 57.5 Å². The van der Waals surface area contributed by atoms with Crippen molar-refractivity contribution < 1.29 is 15.0 Å². The number of carbonyl (C=O) groups is 1. The minimum absolute atomic E-state index is 0.267. The highest BCUT2D eigenvalue weighted by atomic mass is 16.4. The van der Waals surface area contributed by atoms with Gasteiger partial charge >= 0.3 is 5.97 Å². The molecule has 122 valence electrons. The first-order chi connectivity index (χ1) is 10.2. The van der Waals surface area contributed by atoms with E-state index in [1.165, 1.54) is 32.1 Å². The average Bonchev–Trinajstić information content (AvgIpc) is 2.45. The smallest absolute Gasteiger partial charge is 0.303 e. The van der Waals surface area contributed by atoms with Crippen molar-refractivity contribution >= 4 is 5.97 Å². The number of carboxylic acid groups (broad SMARTS) is 1. The van der Waals surface area contributed by atoms with Crippen molar-refractivity contribution in [3.8, 4) is 11.8 Å². The number of hydrogen-bond donors (Lipinski definition) is 2. The van der Waals surface area contributed by atoms with Gasteiger partial charge in [0.1, 0.15) is 6.10 Å². The van der Waals surface area contributed by atoms with Crippen molar-refractivity contribution in [2.24, 2.45) is 0 Å². The molecule has 0 saturated carbocycles. The van der Waals surface area contributed by atoms with E-state index in [0.717, 1.165) is 44.9 Å². The number of hydrogen-bond acceptors (Lipinski definition) is 2. The first-order valence-corrected chi connectivity index (χ1v) is 8.55. The molecule has 0 bridgehead atoms. The Morgan fingerprint density at radius 1 is 0.952 bits per heavy atom. The van der Waals surface area contributed by atoms with E-state index in [9.17, 15) is 9.90 Å². The number of aliphatic hydroxyl groups is 1. The second-order valence-corrected chi connectivity index (χ2v) is 5.70. The van der Waals surface area contributed by atoms with Crippen LogP contribution in [-0.4, -0.2) is 22.3 Å². The van der Waals surface area contributed by atoms with Gasteiger partial charge in [0, 0.05) is 12.8 Å². The van der Waals surface area contributed by atoms with E-state index in [1.807, 2.05) is 0 Å². The standard InChI is InChI=1S/C18H32O3/c1-2-3-4-5-8-11-14-17(19)15-12-9-6-7-10-13-16-18(20)21/h17,19H,2-11,13-14,16H2,1H3,(H,20,21). The van der Waals surface area contributed by atoms with Crippen molar-refractivity contribution in [1.29, 1.82) is 0 Å². The fourth-order valence-electron chi connectivity index (χ4n) is 2.22. The van der Waals surface area contributed by atoms with Crippen molar-refractivity contribution in [3.63, 3.8) is 0 Å². The molecule has 0 aromatic carbocycles. The van der Waals surface area contributed by atoms with Crippen LogP contribution in [0.15, 0.2) is 0 Å². The summed E-state index contributed by atoms with van der Waals surface area (Å²) in [5.41, 5.74) is 0. The zero-order valence-corrected chi connectivity index (χ0v) is 13.6. The molecule has 3 nitrogen and oxygen atoms in total. The van der Waals surface area contributed by atoms with Gasteiger partial charge in [-0.15, -0.1) is 5.92 Å². The second-order valence-electron chi connectivity index (χ2n) is 5.70. The second kappa shape index (κ2) is 15.4. The fourth-order valence-corrected chi connectivity index (χ4v) is 2.22. The molecule has 1 atom stereocenters. The minimum atomic E-state index is -0.715. The van der Waals surface area contributed by atoms with Crippen LogP contribution in [0.4, 0.5) is 0 Å². The van der Waals surface area contributed by atoms with E-state index in [0.29, 0.717) is 0 Å². The zero-order chi connectivity index (χ0) is 15.8.